The molecule has 1 fully saturated rings. The van der Waals surface area contributed by atoms with E-state index in [2.05, 4.69) is 6.07 Å². The maximum atomic E-state index is 12.0. The molecule has 0 aliphatic carbocycles. The van der Waals surface area contributed by atoms with E-state index in [9.17, 15) is 4.79 Å². The molecule has 0 radical (unpaired) electrons. The number of likely N-dealkylation sites (tertiary alicyclic amines) is 1. The first-order chi connectivity index (χ1) is 7.16. The number of hydrogen-bond acceptors (Lipinski definition) is 2. The van der Waals surface area contributed by atoms with Crippen LogP contribution in [0.2, 0.25) is 0 Å². The average molecular weight is 208 g/mol. The van der Waals surface area contributed by atoms with E-state index < -0.39 is 5.92 Å². The van der Waals surface area contributed by atoms with E-state index in [0.717, 1.165) is 25.9 Å². The molecule has 0 aromatic heterocycles. The Morgan fingerprint density at radius 1 is 1.20 bits per heavy atom. The van der Waals surface area contributed by atoms with Crippen LogP contribution in [-0.2, 0) is 4.79 Å². The number of rotatable bonds is 2. The van der Waals surface area contributed by atoms with Crippen molar-refractivity contribution < 1.29 is 4.79 Å². The number of carbonyl (C=O) groups is 1. The molecule has 1 aliphatic rings. The van der Waals surface area contributed by atoms with E-state index in [-0.39, 0.29) is 11.8 Å². The third-order valence-electron chi connectivity index (χ3n) is 2.99. The van der Waals surface area contributed by atoms with Gasteiger partial charge in [0.15, 0.2) is 0 Å². The summed E-state index contributed by atoms with van der Waals surface area (Å²) in [6, 6.07) is 2.13. The van der Waals surface area contributed by atoms with Gasteiger partial charge in [-0.05, 0) is 18.8 Å². The van der Waals surface area contributed by atoms with Gasteiger partial charge in [0.1, 0.15) is 5.92 Å². The minimum Gasteiger partial charge on any atom is -0.342 e. The normalized spacial score (nSPS) is 19.5. The lowest BCUT2D eigenvalue weighted by Gasteiger charge is -2.24. The zero-order chi connectivity index (χ0) is 11.3. The van der Waals surface area contributed by atoms with E-state index in [1.165, 1.54) is 12.8 Å². The van der Waals surface area contributed by atoms with Crippen molar-refractivity contribution in [3.63, 3.8) is 0 Å². The minimum absolute atomic E-state index is 0.0365. The SMILES string of the molecule is CC(C)C(C#N)C(=O)N1CCCCCC1. The van der Waals surface area contributed by atoms with Gasteiger partial charge >= 0.3 is 0 Å². The molecule has 3 nitrogen and oxygen atoms in total. The molecule has 1 unspecified atom stereocenters. The summed E-state index contributed by atoms with van der Waals surface area (Å²) in [5, 5.41) is 8.97. The summed E-state index contributed by atoms with van der Waals surface area (Å²) in [7, 11) is 0. The average Bonchev–Trinajstić information content (AvgIpc) is 2.45. The van der Waals surface area contributed by atoms with Crippen LogP contribution in [0.4, 0.5) is 0 Å². The van der Waals surface area contributed by atoms with Crippen LogP contribution in [0.5, 0.6) is 0 Å². The fraction of sp³-hybridized carbons (Fsp3) is 0.833. The predicted molar refractivity (Wildman–Crippen MR) is 59.0 cm³/mol. The van der Waals surface area contributed by atoms with Crippen LogP contribution >= 0.6 is 0 Å². The molecular weight excluding hydrogens is 188 g/mol. The van der Waals surface area contributed by atoms with Crippen LogP contribution in [0.15, 0.2) is 0 Å². The molecule has 1 aliphatic heterocycles. The quantitative estimate of drug-likeness (QED) is 0.698. The van der Waals surface area contributed by atoms with Crippen LogP contribution in [0, 0.1) is 23.2 Å². The van der Waals surface area contributed by atoms with Crippen molar-refractivity contribution in [1.29, 1.82) is 5.26 Å². The molecule has 3 heteroatoms. The van der Waals surface area contributed by atoms with Crippen molar-refractivity contribution in [1.82, 2.24) is 4.90 Å². The molecule has 15 heavy (non-hydrogen) atoms. The Bertz CT molecular complexity index is 247. The van der Waals surface area contributed by atoms with Crippen molar-refractivity contribution in [2.45, 2.75) is 39.5 Å². The third-order valence-corrected chi connectivity index (χ3v) is 2.99. The molecule has 1 heterocycles. The first-order valence-corrected chi connectivity index (χ1v) is 5.85. The van der Waals surface area contributed by atoms with E-state index in [0.29, 0.717) is 0 Å². The Kier molecular flexibility index (Phi) is 4.61. The Hall–Kier alpha value is -1.04. The Labute approximate surface area is 92.1 Å². The first kappa shape index (κ1) is 12.0. The van der Waals surface area contributed by atoms with Gasteiger partial charge in [0.25, 0.3) is 0 Å². The molecule has 1 amide bonds. The van der Waals surface area contributed by atoms with Gasteiger partial charge in [0, 0.05) is 13.1 Å². The van der Waals surface area contributed by atoms with Crippen molar-refractivity contribution in [3.05, 3.63) is 0 Å². The third kappa shape index (κ3) is 3.23. The topological polar surface area (TPSA) is 44.1 Å². The molecule has 1 saturated heterocycles. The van der Waals surface area contributed by atoms with Gasteiger partial charge in [-0.25, -0.2) is 0 Å². The molecule has 84 valence electrons. The summed E-state index contributed by atoms with van der Waals surface area (Å²) in [6.45, 7) is 5.54. The van der Waals surface area contributed by atoms with Gasteiger partial charge in [0.05, 0.1) is 6.07 Å². The van der Waals surface area contributed by atoms with E-state index in [1.807, 2.05) is 18.7 Å². The molecule has 0 N–H and O–H groups in total. The number of amides is 1. The second-order valence-electron chi connectivity index (χ2n) is 4.59. The molecule has 0 aromatic carbocycles. The van der Waals surface area contributed by atoms with Crippen LogP contribution in [0.1, 0.15) is 39.5 Å². The molecule has 1 rings (SSSR count). The lowest BCUT2D eigenvalue weighted by atomic mass is 9.96. The van der Waals surface area contributed by atoms with Crippen molar-refractivity contribution in [3.8, 4) is 6.07 Å². The smallest absolute Gasteiger partial charge is 0.240 e. The number of nitrogens with zero attached hydrogens (tertiary/aromatic N) is 2. The molecule has 0 aromatic rings. The standard InChI is InChI=1S/C12H20N2O/c1-10(2)11(9-13)12(15)14-7-5-3-4-6-8-14/h10-11H,3-8H2,1-2H3. The predicted octanol–water partition coefficient (Wildman–Crippen LogP) is 2.18. The maximum Gasteiger partial charge on any atom is 0.240 e. The largest absolute Gasteiger partial charge is 0.342 e. The zero-order valence-corrected chi connectivity index (χ0v) is 9.70. The Balaban J connectivity index is 2.61. The monoisotopic (exact) mass is 208 g/mol. The summed E-state index contributed by atoms with van der Waals surface area (Å²) < 4.78 is 0. The Morgan fingerprint density at radius 3 is 2.13 bits per heavy atom. The molecular formula is C12H20N2O. The summed E-state index contributed by atoms with van der Waals surface area (Å²) in [4.78, 5) is 13.9. The maximum absolute atomic E-state index is 12.0. The number of nitriles is 1. The van der Waals surface area contributed by atoms with Gasteiger partial charge in [-0.3, -0.25) is 4.79 Å². The first-order valence-electron chi connectivity index (χ1n) is 5.85. The second kappa shape index (κ2) is 5.75. The van der Waals surface area contributed by atoms with Gasteiger partial charge in [-0.1, -0.05) is 26.7 Å². The fourth-order valence-corrected chi connectivity index (χ4v) is 1.98. The van der Waals surface area contributed by atoms with Gasteiger partial charge < -0.3 is 4.90 Å². The lowest BCUT2D eigenvalue weighted by molar-refractivity contribution is -0.134. The van der Waals surface area contributed by atoms with Crippen LogP contribution in [0.25, 0.3) is 0 Å². The van der Waals surface area contributed by atoms with Gasteiger partial charge in [0.2, 0.25) is 5.91 Å². The lowest BCUT2D eigenvalue weighted by Crippen LogP contribution is -2.38. The van der Waals surface area contributed by atoms with Crippen molar-refractivity contribution >= 4 is 5.91 Å². The number of hydrogen-bond donors (Lipinski definition) is 0. The molecule has 0 spiro atoms. The van der Waals surface area contributed by atoms with Gasteiger partial charge in [-0.2, -0.15) is 5.26 Å². The molecule has 1 atom stereocenters. The summed E-state index contributed by atoms with van der Waals surface area (Å²) in [5.41, 5.74) is 0. The highest BCUT2D eigenvalue weighted by atomic mass is 16.2. The van der Waals surface area contributed by atoms with Crippen LogP contribution < -0.4 is 0 Å². The summed E-state index contributed by atoms with van der Waals surface area (Å²) >= 11 is 0. The van der Waals surface area contributed by atoms with Crippen LogP contribution in [-0.4, -0.2) is 23.9 Å². The highest BCUT2D eigenvalue weighted by molar-refractivity contribution is 5.81. The van der Waals surface area contributed by atoms with E-state index in [4.69, 9.17) is 5.26 Å². The minimum atomic E-state index is -0.455. The molecule has 0 saturated carbocycles. The van der Waals surface area contributed by atoms with Gasteiger partial charge in [-0.15, -0.1) is 0 Å². The summed E-state index contributed by atoms with van der Waals surface area (Å²) in [6.07, 6.45) is 4.59. The second-order valence-corrected chi connectivity index (χ2v) is 4.59. The highest BCUT2D eigenvalue weighted by Gasteiger charge is 2.26. The van der Waals surface area contributed by atoms with E-state index >= 15 is 0 Å². The van der Waals surface area contributed by atoms with Crippen LogP contribution in [0.3, 0.4) is 0 Å². The zero-order valence-electron chi connectivity index (χ0n) is 9.70. The van der Waals surface area contributed by atoms with Crippen molar-refractivity contribution in [2.24, 2.45) is 11.8 Å². The van der Waals surface area contributed by atoms with E-state index in [1.54, 1.807) is 0 Å². The number of carbonyl (C=O) groups excluding carboxylic acids is 1. The highest BCUT2D eigenvalue weighted by Crippen LogP contribution is 2.17. The Morgan fingerprint density at radius 2 is 1.73 bits per heavy atom. The van der Waals surface area contributed by atoms with Crippen molar-refractivity contribution in [2.75, 3.05) is 13.1 Å². The fourth-order valence-electron chi connectivity index (χ4n) is 1.98. The molecule has 0 bridgehead atoms. The summed E-state index contributed by atoms with van der Waals surface area (Å²) in [5.74, 6) is -0.303.